The minimum absolute atomic E-state index is 0.116. The number of carbonyl (C=O) groups is 1. The van der Waals surface area contributed by atoms with Crippen molar-refractivity contribution in [2.24, 2.45) is 0 Å². The van der Waals surface area contributed by atoms with E-state index in [-0.39, 0.29) is 25.6 Å². The highest BCUT2D eigenvalue weighted by Gasteiger charge is 2.25. The van der Waals surface area contributed by atoms with Crippen LogP contribution in [0.1, 0.15) is 6.42 Å². The van der Waals surface area contributed by atoms with Crippen molar-refractivity contribution >= 4 is 14.9 Å². The Balaban J connectivity index is 3.44. The number of ether oxygens (including phenoxy) is 1. The van der Waals surface area contributed by atoms with Gasteiger partial charge in [0.15, 0.2) is 0 Å². The molecule has 0 radical (unpaired) electrons. The maximum absolute atomic E-state index is 10.9. The molecule has 0 heterocycles. The number of rotatable bonds is 7. The zero-order valence-corrected chi connectivity index (χ0v) is 9.67. The van der Waals surface area contributed by atoms with Gasteiger partial charge in [0, 0.05) is 12.6 Å². The van der Waals surface area contributed by atoms with Gasteiger partial charge in [-0.1, -0.05) is 0 Å². The van der Waals surface area contributed by atoms with Gasteiger partial charge in [-0.2, -0.15) is 0 Å². The van der Waals surface area contributed by atoms with Gasteiger partial charge in [-0.15, -0.1) is 0 Å². The number of hydrogen-bond acceptors (Lipinski definition) is 7. The molecule has 0 spiro atoms. The zero-order valence-electron chi connectivity index (χ0n) is 8.67. The van der Waals surface area contributed by atoms with E-state index < -0.39 is 27.6 Å². The highest BCUT2D eigenvalue weighted by Crippen LogP contribution is 1.99. The molecule has 0 aromatic carbocycles. The lowest BCUT2D eigenvalue weighted by Crippen LogP contribution is -2.36. The number of alkyl carbamates (subject to hydrolysis) is 1. The molecular weight excluding hydrogens is 238 g/mol. The molecule has 0 saturated carbocycles. The summed E-state index contributed by atoms with van der Waals surface area (Å²) in [6.07, 6.45) is -1.69. The zero-order chi connectivity index (χ0) is 12.6. The van der Waals surface area contributed by atoms with Gasteiger partial charge in [0.1, 0.15) is 12.7 Å². The molecule has 1 unspecified atom stereocenters. The van der Waals surface area contributed by atoms with Crippen LogP contribution in [0.2, 0.25) is 6.04 Å². The SMILES string of the molecule is O=C(NCCC[Si](O)(O)O)OCC(O)CO. The summed E-state index contributed by atoms with van der Waals surface area (Å²) in [5.74, 6) is 0. The smallest absolute Gasteiger partial charge is 0.447 e. The molecule has 0 aliphatic carbocycles. The summed E-state index contributed by atoms with van der Waals surface area (Å²) in [5.41, 5.74) is 0. The second-order valence-electron chi connectivity index (χ2n) is 3.24. The summed E-state index contributed by atoms with van der Waals surface area (Å²) in [7, 11) is -4.04. The minimum atomic E-state index is -4.04. The Hall–Kier alpha value is -0.713. The molecule has 9 heteroatoms. The van der Waals surface area contributed by atoms with Crippen LogP contribution in [0, 0.1) is 0 Å². The summed E-state index contributed by atoms with van der Waals surface area (Å²) < 4.78 is 4.49. The van der Waals surface area contributed by atoms with Crippen LogP contribution in [0.3, 0.4) is 0 Å². The van der Waals surface area contributed by atoms with E-state index in [1.165, 1.54) is 0 Å². The lowest BCUT2D eigenvalue weighted by atomic mass is 10.4. The molecule has 0 rings (SSSR count). The maximum Gasteiger partial charge on any atom is 0.492 e. The molecule has 0 aromatic heterocycles. The van der Waals surface area contributed by atoms with Crippen LogP contribution in [0.25, 0.3) is 0 Å². The Bertz CT molecular complexity index is 207. The number of carbonyl (C=O) groups excluding carboxylic acids is 1. The van der Waals surface area contributed by atoms with Gasteiger partial charge in [-0.05, 0) is 6.42 Å². The number of amides is 1. The molecule has 0 aliphatic heterocycles. The Morgan fingerprint density at radius 2 is 2.00 bits per heavy atom. The molecule has 1 atom stereocenters. The molecule has 0 bridgehead atoms. The van der Waals surface area contributed by atoms with Crippen molar-refractivity contribution in [1.29, 1.82) is 0 Å². The van der Waals surface area contributed by atoms with Crippen molar-refractivity contribution in [1.82, 2.24) is 5.32 Å². The fourth-order valence-electron chi connectivity index (χ4n) is 0.792. The van der Waals surface area contributed by atoms with Gasteiger partial charge in [-0.3, -0.25) is 0 Å². The first-order valence-corrected chi connectivity index (χ1v) is 6.76. The molecule has 0 aliphatic rings. The van der Waals surface area contributed by atoms with Crippen LogP contribution < -0.4 is 5.32 Å². The van der Waals surface area contributed by atoms with Crippen molar-refractivity contribution in [3.63, 3.8) is 0 Å². The number of aliphatic hydroxyl groups excluding tert-OH is 2. The van der Waals surface area contributed by atoms with Crippen molar-refractivity contribution in [3.05, 3.63) is 0 Å². The monoisotopic (exact) mass is 255 g/mol. The van der Waals surface area contributed by atoms with E-state index in [1.54, 1.807) is 0 Å². The Morgan fingerprint density at radius 3 is 2.50 bits per heavy atom. The van der Waals surface area contributed by atoms with Gasteiger partial charge >= 0.3 is 14.9 Å². The Labute approximate surface area is 93.5 Å². The normalized spacial score (nSPS) is 13.3. The average molecular weight is 255 g/mol. The van der Waals surface area contributed by atoms with Crippen LogP contribution in [-0.2, 0) is 4.74 Å². The molecule has 0 fully saturated rings. The Kier molecular flexibility index (Phi) is 7.21. The lowest BCUT2D eigenvalue weighted by molar-refractivity contribution is 0.0322. The van der Waals surface area contributed by atoms with Crippen LogP contribution in [-0.4, -0.2) is 65.4 Å². The van der Waals surface area contributed by atoms with Gasteiger partial charge < -0.3 is 34.7 Å². The van der Waals surface area contributed by atoms with E-state index in [4.69, 9.17) is 24.6 Å². The van der Waals surface area contributed by atoms with Crippen LogP contribution in [0.5, 0.6) is 0 Å². The molecule has 16 heavy (non-hydrogen) atoms. The van der Waals surface area contributed by atoms with Gasteiger partial charge in [0.2, 0.25) is 0 Å². The summed E-state index contributed by atoms with van der Waals surface area (Å²) in [4.78, 5) is 36.8. The average Bonchev–Trinajstić information content (AvgIpc) is 2.19. The molecule has 6 N–H and O–H groups in total. The Morgan fingerprint density at radius 1 is 1.38 bits per heavy atom. The van der Waals surface area contributed by atoms with E-state index in [9.17, 15) is 4.79 Å². The molecule has 8 nitrogen and oxygen atoms in total. The minimum Gasteiger partial charge on any atom is -0.447 e. The number of hydrogen-bond donors (Lipinski definition) is 6. The third-order valence-electron chi connectivity index (χ3n) is 1.58. The highest BCUT2D eigenvalue weighted by atomic mass is 28.4. The van der Waals surface area contributed by atoms with Crippen LogP contribution in [0.4, 0.5) is 4.79 Å². The quantitative estimate of drug-likeness (QED) is 0.216. The first kappa shape index (κ1) is 15.3. The predicted molar refractivity (Wildman–Crippen MR) is 54.3 cm³/mol. The molecular formula is C7H17NO7Si. The fraction of sp³-hybridized carbons (Fsp3) is 0.857. The predicted octanol–water partition coefficient (Wildman–Crippen LogP) is -2.63. The fourth-order valence-corrected chi connectivity index (χ4v) is 1.44. The second kappa shape index (κ2) is 7.54. The second-order valence-corrected chi connectivity index (χ2v) is 5.29. The van der Waals surface area contributed by atoms with Crippen molar-refractivity contribution < 1.29 is 34.1 Å². The van der Waals surface area contributed by atoms with E-state index in [0.717, 1.165) is 0 Å². The van der Waals surface area contributed by atoms with Crippen molar-refractivity contribution in [2.75, 3.05) is 19.8 Å². The highest BCUT2D eigenvalue weighted by molar-refractivity contribution is 6.56. The summed E-state index contributed by atoms with van der Waals surface area (Å²) in [6.45, 7) is -0.702. The lowest BCUT2D eigenvalue weighted by Gasteiger charge is -2.11. The first-order valence-electron chi connectivity index (χ1n) is 4.72. The topological polar surface area (TPSA) is 139 Å². The molecule has 96 valence electrons. The largest absolute Gasteiger partial charge is 0.492 e. The molecule has 0 aromatic rings. The van der Waals surface area contributed by atoms with Gasteiger partial charge in [-0.25, -0.2) is 4.79 Å². The van der Waals surface area contributed by atoms with Crippen LogP contribution >= 0.6 is 0 Å². The number of nitrogens with one attached hydrogen (secondary N) is 1. The van der Waals surface area contributed by atoms with Gasteiger partial charge in [0.05, 0.1) is 6.61 Å². The molecule has 1 amide bonds. The van der Waals surface area contributed by atoms with Crippen molar-refractivity contribution in [3.8, 4) is 0 Å². The third-order valence-corrected chi connectivity index (χ3v) is 2.60. The van der Waals surface area contributed by atoms with Crippen molar-refractivity contribution in [2.45, 2.75) is 18.6 Å². The molecule has 0 saturated heterocycles. The van der Waals surface area contributed by atoms with E-state index in [1.807, 2.05) is 0 Å². The van der Waals surface area contributed by atoms with E-state index >= 15 is 0 Å². The van der Waals surface area contributed by atoms with Crippen LogP contribution in [0.15, 0.2) is 0 Å². The summed E-state index contributed by atoms with van der Waals surface area (Å²) in [5, 5.41) is 19.5. The number of aliphatic hydroxyl groups is 2. The van der Waals surface area contributed by atoms with E-state index in [2.05, 4.69) is 10.1 Å². The standard InChI is InChI=1S/C7H17NO7Si/c9-4-6(10)5-15-7(11)8-2-1-3-16(12,13)14/h6,9-10,12-14H,1-5H2,(H,8,11). The first-order chi connectivity index (χ1) is 7.35. The maximum atomic E-state index is 10.9. The third kappa shape index (κ3) is 9.83. The van der Waals surface area contributed by atoms with Gasteiger partial charge in [0.25, 0.3) is 0 Å². The summed E-state index contributed by atoms with van der Waals surface area (Å²) in [6, 6.07) is -0.174. The summed E-state index contributed by atoms with van der Waals surface area (Å²) >= 11 is 0. The van der Waals surface area contributed by atoms with E-state index in [0.29, 0.717) is 0 Å².